The Morgan fingerprint density at radius 1 is 1.10 bits per heavy atom. The van der Waals surface area contributed by atoms with Gasteiger partial charge in [-0.1, -0.05) is 23.7 Å². The van der Waals surface area contributed by atoms with Crippen molar-refractivity contribution in [2.24, 2.45) is 0 Å². The second kappa shape index (κ2) is 8.99. The summed E-state index contributed by atoms with van der Waals surface area (Å²) in [6.07, 6.45) is 0. The molecule has 1 aromatic heterocycles. The molecule has 7 nitrogen and oxygen atoms in total. The van der Waals surface area contributed by atoms with Crippen molar-refractivity contribution in [1.29, 1.82) is 0 Å². The van der Waals surface area contributed by atoms with Gasteiger partial charge in [0.1, 0.15) is 12.4 Å². The van der Waals surface area contributed by atoms with E-state index in [1.165, 1.54) is 7.11 Å². The number of fused-ring (bicyclic) bond motifs is 2. The molecule has 2 heterocycles. The van der Waals surface area contributed by atoms with Crippen molar-refractivity contribution in [2.75, 3.05) is 39.5 Å². The SMILES string of the molecule is COCC(=O)N(Cc1ccc2c(c1)OCO2)Cc1cc2ccc(Cl)cc2nc1N(C)C. The van der Waals surface area contributed by atoms with Crippen LogP contribution in [0.3, 0.4) is 0 Å². The highest BCUT2D eigenvalue weighted by molar-refractivity contribution is 6.31. The minimum atomic E-state index is -0.110. The van der Waals surface area contributed by atoms with Gasteiger partial charge in [-0.25, -0.2) is 4.98 Å². The summed E-state index contributed by atoms with van der Waals surface area (Å²) in [5.74, 6) is 2.08. The summed E-state index contributed by atoms with van der Waals surface area (Å²) in [7, 11) is 5.38. The Kier molecular flexibility index (Phi) is 6.15. The Labute approximate surface area is 186 Å². The normalized spacial score (nSPS) is 12.3. The van der Waals surface area contributed by atoms with Crippen LogP contribution in [0.1, 0.15) is 11.1 Å². The number of ether oxygens (including phenoxy) is 3. The molecule has 0 N–H and O–H groups in total. The molecule has 2 aromatic carbocycles. The number of amides is 1. The lowest BCUT2D eigenvalue weighted by atomic mass is 10.1. The number of aromatic nitrogens is 1. The Bertz CT molecular complexity index is 1120. The fraction of sp³-hybridized carbons (Fsp3) is 0.304. The van der Waals surface area contributed by atoms with Gasteiger partial charge in [0.25, 0.3) is 0 Å². The van der Waals surface area contributed by atoms with Crippen molar-refractivity contribution >= 4 is 34.2 Å². The van der Waals surface area contributed by atoms with Crippen LogP contribution in [-0.2, 0) is 22.6 Å². The maximum atomic E-state index is 12.9. The number of hydrogen-bond donors (Lipinski definition) is 0. The molecule has 1 aliphatic rings. The van der Waals surface area contributed by atoms with Gasteiger partial charge in [-0.15, -0.1) is 0 Å². The van der Waals surface area contributed by atoms with Crippen LogP contribution in [0.4, 0.5) is 5.82 Å². The third kappa shape index (κ3) is 4.68. The third-order valence-corrected chi connectivity index (χ3v) is 5.29. The average molecular weight is 442 g/mol. The van der Waals surface area contributed by atoms with E-state index < -0.39 is 0 Å². The summed E-state index contributed by atoms with van der Waals surface area (Å²) in [5, 5.41) is 1.60. The second-order valence-electron chi connectivity index (χ2n) is 7.57. The number of carbonyl (C=O) groups excluding carboxylic acids is 1. The summed E-state index contributed by atoms with van der Waals surface area (Å²) in [6.45, 7) is 1.00. The molecule has 3 aromatic rings. The highest BCUT2D eigenvalue weighted by Gasteiger charge is 2.20. The molecule has 1 aliphatic heterocycles. The molecule has 0 saturated heterocycles. The second-order valence-corrected chi connectivity index (χ2v) is 8.01. The Morgan fingerprint density at radius 2 is 1.90 bits per heavy atom. The summed E-state index contributed by atoms with van der Waals surface area (Å²) >= 11 is 6.14. The van der Waals surface area contributed by atoms with Gasteiger partial charge in [-0.2, -0.15) is 0 Å². The maximum Gasteiger partial charge on any atom is 0.249 e. The fourth-order valence-corrected chi connectivity index (χ4v) is 3.76. The molecule has 8 heteroatoms. The number of rotatable bonds is 7. The van der Waals surface area contributed by atoms with Crippen LogP contribution in [-0.4, -0.2) is 50.4 Å². The zero-order valence-electron chi connectivity index (χ0n) is 17.7. The van der Waals surface area contributed by atoms with Crippen molar-refractivity contribution in [3.63, 3.8) is 0 Å². The highest BCUT2D eigenvalue weighted by atomic mass is 35.5. The van der Waals surface area contributed by atoms with E-state index in [0.717, 1.165) is 27.8 Å². The van der Waals surface area contributed by atoms with Crippen LogP contribution in [0.15, 0.2) is 42.5 Å². The molecule has 0 unspecified atom stereocenters. The van der Waals surface area contributed by atoms with E-state index in [9.17, 15) is 4.79 Å². The number of hydrogen-bond acceptors (Lipinski definition) is 6. The molecule has 0 radical (unpaired) electrons. The zero-order valence-corrected chi connectivity index (χ0v) is 18.5. The van der Waals surface area contributed by atoms with Crippen molar-refractivity contribution in [2.45, 2.75) is 13.1 Å². The zero-order chi connectivity index (χ0) is 22.0. The monoisotopic (exact) mass is 441 g/mol. The van der Waals surface area contributed by atoms with Crippen LogP contribution in [0.2, 0.25) is 5.02 Å². The predicted molar refractivity (Wildman–Crippen MR) is 120 cm³/mol. The quantitative estimate of drug-likeness (QED) is 0.554. The van der Waals surface area contributed by atoms with Gasteiger partial charge >= 0.3 is 0 Å². The molecule has 162 valence electrons. The number of pyridine rings is 1. The van der Waals surface area contributed by atoms with Crippen LogP contribution < -0.4 is 14.4 Å². The third-order valence-electron chi connectivity index (χ3n) is 5.05. The van der Waals surface area contributed by atoms with Gasteiger partial charge in [0.2, 0.25) is 12.7 Å². The maximum absolute atomic E-state index is 12.9. The number of halogens is 1. The molecule has 0 saturated carbocycles. The van der Waals surface area contributed by atoms with Crippen molar-refractivity contribution < 1.29 is 19.0 Å². The van der Waals surface area contributed by atoms with E-state index in [1.54, 1.807) is 4.90 Å². The molecule has 0 bridgehead atoms. The fourth-order valence-electron chi connectivity index (χ4n) is 3.59. The highest BCUT2D eigenvalue weighted by Crippen LogP contribution is 2.33. The summed E-state index contributed by atoms with van der Waals surface area (Å²) in [4.78, 5) is 21.3. The lowest BCUT2D eigenvalue weighted by Crippen LogP contribution is -2.33. The number of methoxy groups -OCH3 is 1. The predicted octanol–water partition coefficient (Wildman–Crippen LogP) is 3.86. The smallest absolute Gasteiger partial charge is 0.249 e. The van der Waals surface area contributed by atoms with E-state index in [0.29, 0.717) is 29.6 Å². The topological polar surface area (TPSA) is 64.1 Å². The van der Waals surface area contributed by atoms with Gasteiger partial charge in [-0.05, 0) is 35.9 Å². The first-order valence-electron chi connectivity index (χ1n) is 9.86. The van der Waals surface area contributed by atoms with Crippen LogP contribution >= 0.6 is 11.6 Å². The largest absolute Gasteiger partial charge is 0.454 e. The van der Waals surface area contributed by atoms with Crippen molar-refractivity contribution in [1.82, 2.24) is 9.88 Å². The van der Waals surface area contributed by atoms with E-state index >= 15 is 0 Å². The van der Waals surface area contributed by atoms with Crippen LogP contribution in [0, 0.1) is 0 Å². The van der Waals surface area contributed by atoms with Gasteiger partial charge in [0.15, 0.2) is 11.5 Å². The summed E-state index contributed by atoms with van der Waals surface area (Å²) < 4.78 is 16.0. The molecular formula is C23H24ClN3O4. The van der Waals surface area contributed by atoms with Crippen molar-refractivity contribution in [3.05, 3.63) is 58.6 Å². The molecule has 1 amide bonds. The molecule has 0 aliphatic carbocycles. The first-order valence-corrected chi connectivity index (χ1v) is 10.2. The van der Waals surface area contributed by atoms with Crippen LogP contribution in [0.5, 0.6) is 11.5 Å². The van der Waals surface area contributed by atoms with Crippen molar-refractivity contribution in [3.8, 4) is 11.5 Å². The number of carbonyl (C=O) groups is 1. The summed E-state index contributed by atoms with van der Waals surface area (Å²) in [6, 6.07) is 13.4. The number of nitrogens with zero attached hydrogens (tertiary/aromatic N) is 3. The lowest BCUT2D eigenvalue weighted by Gasteiger charge is -2.25. The first-order chi connectivity index (χ1) is 14.9. The van der Waals surface area contributed by atoms with E-state index in [1.807, 2.05) is 55.4 Å². The van der Waals surface area contributed by atoms with E-state index in [4.69, 9.17) is 30.8 Å². The number of anilines is 1. The van der Waals surface area contributed by atoms with Gasteiger partial charge in [-0.3, -0.25) is 4.79 Å². The molecule has 0 atom stereocenters. The summed E-state index contributed by atoms with van der Waals surface area (Å²) in [5.41, 5.74) is 2.69. The molecular weight excluding hydrogens is 418 g/mol. The van der Waals surface area contributed by atoms with E-state index in [-0.39, 0.29) is 19.3 Å². The standard InChI is InChI=1S/C23H24ClN3O4/c1-26(2)23-17(9-16-5-6-18(24)10-19(16)25-23)12-27(22(28)13-29-3)11-15-4-7-20-21(8-15)31-14-30-20/h4-10H,11-14H2,1-3H3. The average Bonchev–Trinajstić information content (AvgIpc) is 3.21. The van der Waals surface area contributed by atoms with Gasteiger partial charge in [0.05, 0.1) is 5.52 Å². The Balaban J connectivity index is 1.67. The first kappa shape index (κ1) is 21.2. The molecule has 31 heavy (non-hydrogen) atoms. The molecule has 0 fully saturated rings. The van der Waals surface area contributed by atoms with Gasteiger partial charge < -0.3 is 24.0 Å². The minimum absolute atomic E-state index is 0.00152. The Hall–Kier alpha value is -3.03. The minimum Gasteiger partial charge on any atom is -0.454 e. The van der Waals surface area contributed by atoms with Gasteiger partial charge in [0, 0.05) is 50.3 Å². The van der Waals surface area contributed by atoms with Crippen LogP contribution in [0.25, 0.3) is 10.9 Å². The molecule has 0 spiro atoms. The molecule has 4 rings (SSSR count). The Morgan fingerprint density at radius 3 is 2.68 bits per heavy atom. The lowest BCUT2D eigenvalue weighted by molar-refractivity contribution is -0.136. The number of benzene rings is 2. The van der Waals surface area contributed by atoms with E-state index in [2.05, 4.69) is 6.07 Å².